The fraction of sp³-hybridized carbons (Fsp3) is 0.200. The van der Waals surface area contributed by atoms with Crippen LogP contribution in [-0.2, 0) is 12.8 Å². The minimum Gasteiger partial charge on any atom is -0.493 e. The van der Waals surface area contributed by atoms with Gasteiger partial charge in [-0.15, -0.1) is 0 Å². The molecule has 0 amide bonds. The molecule has 33 heavy (non-hydrogen) atoms. The highest BCUT2D eigenvalue weighted by Gasteiger charge is 2.21. The second-order valence-electron chi connectivity index (χ2n) is 7.99. The molecule has 0 radical (unpaired) electrons. The van der Waals surface area contributed by atoms with Crippen molar-refractivity contribution in [3.8, 4) is 11.5 Å². The molecule has 0 aliphatic carbocycles. The van der Waals surface area contributed by atoms with Gasteiger partial charge in [-0.1, -0.05) is 18.2 Å². The number of H-pyrrole nitrogens is 1. The van der Waals surface area contributed by atoms with E-state index >= 15 is 0 Å². The zero-order valence-corrected chi connectivity index (χ0v) is 18.7. The van der Waals surface area contributed by atoms with Gasteiger partial charge in [-0.05, 0) is 36.2 Å². The molecule has 8 nitrogen and oxygen atoms in total. The Hall–Kier alpha value is -4.20. The van der Waals surface area contributed by atoms with Crippen LogP contribution in [-0.4, -0.2) is 29.2 Å². The van der Waals surface area contributed by atoms with Crippen LogP contribution < -0.4 is 20.9 Å². The summed E-state index contributed by atoms with van der Waals surface area (Å²) in [5.74, 6) is 2.46. The lowest BCUT2D eigenvalue weighted by Gasteiger charge is -2.12. The molecular weight excluding hydrogens is 418 g/mol. The number of benzene rings is 2. The third-order valence-electron chi connectivity index (χ3n) is 5.96. The Bertz CT molecular complexity index is 1490. The number of aromatic amines is 1. The van der Waals surface area contributed by atoms with Crippen molar-refractivity contribution in [3.05, 3.63) is 70.7 Å². The summed E-state index contributed by atoms with van der Waals surface area (Å²) in [4.78, 5) is 11.6. The van der Waals surface area contributed by atoms with Crippen molar-refractivity contribution in [2.45, 2.75) is 19.8 Å². The van der Waals surface area contributed by atoms with Crippen molar-refractivity contribution in [1.29, 1.82) is 0 Å². The molecule has 0 atom stereocenters. The lowest BCUT2D eigenvalue weighted by atomic mass is 10.0. The molecule has 0 aliphatic heterocycles. The molecule has 0 fully saturated rings. The third kappa shape index (κ3) is 3.59. The zero-order valence-electron chi connectivity index (χ0n) is 18.7. The van der Waals surface area contributed by atoms with Crippen LogP contribution in [0.3, 0.4) is 0 Å². The number of nitrogens with one attached hydrogen (secondary N) is 1. The average molecular weight is 444 g/mol. The molecular formula is C25H25N5O3. The Labute approximate surface area is 190 Å². The first-order valence-electron chi connectivity index (χ1n) is 10.6. The molecule has 3 heterocycles. The van der Waals surface area contributed by atoms with E-state index in [1.807, 2.05) is 18.2 Å². The maximum absolute atomic E-state index is 6.34. The number of nitrogen functional groups attached to an aromatic ring is 2. The molecule has 5 aromatic rings. The summed E-state index contributed by atoms with van der Waals surface area (Å²) < 4.78 is 17.6. The first kappa shape index (κ1) is 20.7. The molecule has 168 valence electrons. The number of para-hydroxylation sites is 1. The predicted molar refractivity (Wildman–Crippen MR) is 129 cm³/mol. The largest absolute Gasteiger partial charge is 0.493 e. The van der Waals surface area contributed by atoms with Crippen LogP contribution >= 0.6 is 0 Å². The van der Waals surface area contributed by atoms with E-state index in [9.17, 15) is 0 Å². The van der Waals surface area contributed by atoms with Gasteiger partial charge in [-0.25, -0.2) is 4.98 Å². The maximum Gasteiger partial charge on any atom is 0.221 e. The second kappa shape index (κ2) is 8.05. The number of furan rings is 1. The number of hydrogen-bond acceptors (Lipinski definition) is 7. The van der Waals surface area contributed by atoms with Gasteiger partial charge in [0.05, 0.1) is 14.2 Å². The van der Waals surface area contributed by atoms with Gasteiger partial charge in [0.1, 0.15) is 11.6 Å². The molecule has 5 rings (SSSR count). The average Bonchev–Trinajstić information content (AvgIpc) is 3.36. The molecule has 8 heteroatoms. The Balaban J connectivity index is 1.63. The number of nitrogens with two attached hydrogens (primary N) is 2. The summed E-state index contributed by atoms with van der Waals surface area (Å²) >= 11 is 0. The number of fused-ring (bicyclic) bond motifs is 2. The molecule has 0 spiro atoms. The second-order valence-corrected chi connectivity index (χ2v) is 7.99. The number of nitrogens with zero attached hydrogens (tertiary/aromatic N) is 2. The smallest absolute Gasteiger partial charge is 0.221 e. The van der Waals surface area contributed by atoms with Crippen molar-refractivity contribution in [2.75, 3.05) is 25.7 Å². The number of rotatable bonds is 6. The van der Waals surface area contributed by atoms with Crippen LogP contribution in [0.5, 0.6) is 11.5 Å². The Kier molecular flexibility index (Phi) is 5.05. The van der Waals surface area contributed by atoms with E-state index in [0.29, 0.717) is 35.7 Å². The molecule has 0 bridgehead atoms. The highest BCUT2D eigenvalue weighted by Crippen LogP contribution is 2.41. The van der Waals surface area contributed by atoms with Gasteiger partial charge in [0.15, 0.2) is 11.3 Å². The molecule has 5 N–H and O–H groups in total. The fourth-order valence-electron chi connectivity index (χ4n) is 4.35. The van der Waals surface area contributed by atoms with E-state index in [1.54, 1.807) is 20.4 Å². The van der Waals surface area contributed by atoms with E-state index in [2.05, 4.69) is 40.1 Å². The van der Waals surface area contributed by atoms with Crippen LogP contribution in [0, 0.1) is 6.92 Å². The molecule has 0 aliphatic rings. The summed E-state index contributed by atoms with van der Waals surface area (Å²) in [5.41, 5.74) is 17.6. The van der Waals surface area contributed by atoms with Gasteiger partial charge in [0.2, 0.25) is 11.7 Å². The summed E-state index contributed by atoms with van der Waals surface area (Å²) in [6.07, 6.45) is 2.78. The number of anilines is 2. The van der Waals surface area contributed by atoms with E-state index in [0.717, 1.165) is 33.5 Å². The number of aromatic nitrogens is 3. The van der Waals surface area contributed by atoms with Gasteiger partial charge in [-0.3, -0.25) is 0 Å². The van der Waals surface area contributed by atoms with E-state index in [4.69, 9.17) is 25.4 Å². The van der Waals surface area contributed by atoms with Crippen LogP contribution in [0.2, 0.25) is 0 Å². The number of methoxy groups -OCH3 is 2. The highest BCUT2D eigenvalue weighted by atomic mass is 16.5. The van der Waals surface area contributed by atoms with Gasteiger partial charge < -0.3 is 30.3 Å². The summed E-state index contributed by atoms with van der Waals surface area (Å²) in [7, 11) is 3.21. The van der Waals surface area contributed by atoms with Crippen LogP contribution in [0.15, 0.2) is 47.0 Å². The Morgan fingerprint density at radius 3 is 2.58 bits per heavy atom. The lowest BCUT2D eigenvalue weighted by molar-refractivity contribution is 0.352. The third-order valence-corrected chi connectivity index (χ3v) is 5.96. The van der Waals surface area contributed by atoms with Crippen LogP contribution in [0.25, 0.3) is 21.9 Å². The number of hydrogen-bond donors (Lipinski definition) is 3. The van der Waals surface area contributed by atoms with E-state index in [1.165, 1.54) is 10.9 Å². The normalized spacial score (nSPS) is 11.4. The van der Waals surface area contributed by atoms with Gasteiger partial charge >= 0.3 is 0 Å². The van der Waals surface area contributed by atoms with E-state index < -0.39 is 0 Å². The van der Waals surface area contributed by atoms with Crippen LogP contribution in [0.4, 0.5) is 11.8 Å². The number of aryl methyl sites for hydroxylation is 1. The van der Waals surface area contributed by atoms with Gasteiger partial charge in [-0.2, -0.15) is 4.98 Å². The van der Waals surface area contributed by atoms with E-state index in [-0.39, 0.29) is 5.95 Å². The maximum atomic E-state index is 6.34. The molecule has 3 aromatic heterocycles. The van der Waals surface area contributed by atoms with Crippen molar-refractivity contribution in [2.24, 2.45) is 0 Å². The minimum absolute atomic E-state index is 0.147. The predicted octanol–water partition coefficient (Wildman–Crippen LogP) is 4.38. The quantitative estimate of drug-likeness (QED) is 0.356. The van der Waals surface area contributed by atoms with Crippen molar-refractivity contribution in [3.63, 3.8) is 0 Å². The zero-order chi connectivity index (χ0) is 23.1. The first-order chi connectivity index (χ1) is 16.0. The van der Waals surface area contributed by atoms with Crippen molar-refractivity contribution >= 4 is 33.6 Å². The molecule has 2 aromatic carbocycles. The minimum atomic E-state index is 0.147. The van der Waals surface area contributed by atoms with Crippen molar-refractivity contribution < 1.29 is 13.9 Å². The lowest BCUT2D eigenvalue weighted by Crippen LogP contribution is -2.04. The Morgan fingerprint density at radius 1 is 1.00 bits per heavy atom. The topological polar surface area (TPSA) is 125 Å². The van der Waals surface area contributed by atoms with Crippen LogP contribution in [0.1, 0.15) is 28.1 Å². The first-order valence-corrected chi connectivity index (χ1v) is 10.6. The summed E-state index contributed by atoms with van der Waals surface area (Å²) in [6, 6.07) is 12.3. The standard InChI is InChI=1S/C25H25N5O3/c1-13-18(17-6-4-5-7-20(17)29-13)10-16-11-19-14(8-15-12-28-25(27)30-24(15)26)9-21(31-2)23(32-3)22(19)33-16/h4-7,9,11-12,29H,8,10H2,1-3H3,(H4,26,27,28,30). The molecule has 0 saturated heterocycles. The van der Waals surface area contributed by atoms with Crippen molar-refractivity contribution in [1.82, 2.24) is 15.0 Å². The summed E-state index contributed by atoms with van der Waals surface area (Å²) in [5, 5.41) is 2.11. The van der Waals surface area contributed by atoms with Gasteiger partial charge in [0.25, 0.3) is 0 Å². The SMILES string of the molecule is COc1cc(Cc2cnc(N)nc2N)c2cc(Cc3c(C)[nH]c4ccccc34)oc2c1OC. The summed E-state index contributed by atoms with van der Waals surface area (Å²) in [6.45, 7) is 2.08. The monoisotopic (exact) mass is 443 g/mol. The van der Waals surface area contributed by atoms with Gasteiger partial charge in [0, 0.05) is 46.6 Å². The molecule has 0 unspecified atom stereocenters. The highest BCUT2D eigenvalue weighted by molar-refractivity contribution is 5.91. The fourth-order valence-corrected chi connectivity index (χ4v) is 4.35. The number of ether oxygens (including phenoxy) is 2. The molecule has 0 saturated carbocycles. The Morgan fingerprint density at radius 2 is 1.82 bits per heavy atom.